The van der Waals surface area contributed by atoms with E-state index in [0.29, 0.717) is 13.2 Å². The van der Waals surface area contributed by atoms with Crippen molar-refractivity contribution in [3.8, 4) is 5.75 Å². The molecule has 0 unspecified atom stereocenters. The summed E-state index contributed by atoms with van der Waals surface area (Å²) in [6.45, 7) is 3.20. The minimum atomic E-state index is -0.817. The largest absolute Gasteiger partial charge is 0.496 e. The standard InChI is InChI=1S/C17H18O3/c1-13-8-9-15(12-16(13)18-2)17(19-10-11-20-17)14-6-4-3-5-7-14/h3-9,12H,10-11H2,1-2H3. The van der Waals surface area contributed by atoms with Crippen LogP contribution >= 0.6 is 0 Å². The van der Waals surface area contributed by atoms with Gasteiger partial charge in [0.05, 0.1) is 20.3 Å². The van der Waals surface area contributed by atoms with E-state index in [0.717, 1.165) is 22.4 Å². The van der Waals surface area contributed by atoms with E-state index in [1.165, 1.54) is 0 Å². The quantitative estimate of drug-likeness (QED) is 0.857. The number of hydrogen-bond donors (Lipinski definition) is 0. The number of aryl methyl sites for hydroxylation is 1. The lowest BCUT2D eigenvalue weighted by Crippen LogP contribution is -2.28. The van der Waals surface area contributed by atoms with E-state index in [-0.39, 0.29) is 0 Å². The predicted octanol–water partition coefficient (Wildman–Crippen LogP) is 3.25. The molecule has 0 aromatic heterocycles. The molecule has 20 heavy (non-hydrogen) atoms. The Morgan fingerprint density at radius 2 is 1.65 bits per heavy atom. The van der Waals surface area contributed by atoms with Crippen LogP contribution in [0.2, 0.25) is 0 Å². The lowest BCUT2D eigenvalue weighted by Gasteiger charge is -2.28. The molecule has 1 aliphatic heterocycles. The van der Waals surface area contributed by atoms with Gasteiger partial charge in [-0.1, -0.05) is 42.5 Å². The minimum absolute atomic E-state index is 0.588. The maximum absolute atomic E-state index is 5.97. The molecule has 104 valence electrons. The molecule has 0 saturated carbocycles. The van der Waals surface area contributed by atoms with Gasteiger partial charge in [-0.05, 0) is 18.6 Å². The molecule has 1 fully saturated rings. The number of ether oxygens (including phenoxy) is 3. The fraction of sp³-hybridized carbons (Fsp3) is 0.294. The number of methoxy groups -OCH3 is 1. The van der Waals surface area contributed by atoms with Crippen molar-refractivity contribution in [2.45, 2.75) is 12.7 Å². The summed E-state index contributed by atoms with van der Waals surface area (Å²) < 4.78 is 17.4. The highest BCUT2D eigenvalue weighted by Crippen LogP contribution is 2.39. The van der Waals surface area contributed by atoms with E-state index in [1.54, 1.807) is 7.11 Å². The molecule has 1 heterocycles. The first-order valence-corrected chi connectivity index (χ1v) is 6.75. The summed E-state index contributed by atoms with van der Waals surface area (Å²) in [5.41, 5.74) is 3.06. The molecule has 0 aliphatic carbocycles. The van der Waals surface area contributed by atoms with Gasteiger partial charge in [0.1, 0.15) is 5.75 Å². The highest BCUT2D eigenvalue weighted by Gasteiger charge is 2.40. The molecule has 2 aromatic carbocycles. The highest BCUT2D eigenvalue weighted by molar-refractivity contribution is 5.42. The van der Waals surface area contributed by atoms with Crippen molar-refractivity contribution in [2.24, 2.45) is 0 Å². The molecule has 0 spiro atoms. The molecule has 0 radical (unpaired) electrons. The fourth-order valence-electron chi connectivity index (χ4n) is 2.59. The Bertz CT molecular complexity index is 586. The van der Waals surface area contributed by atoms with E-state index in [2.05, 4.69) is 0 Å². The molecular weight excluding hydrogens is 252 g/mol. The zero-order valence-corrected chi connectivity index (χ0v) is 11.8. The van der Waals surface area contributed by atoms with Gasteiger partial charge < -0.3 is 14.2 Å². The lowest BCUT2D eigenvalue weighted by atomic mass is 9.96. The van der Waals surface area contributed by atoms with Gasteiger partial charge in [0.15, 0.2) is 0 Å². The predicted molar refractivity (Wildman–Crippen MR) is 76.9 cm³/mol. The van der Waals surface area contributed by atoms with Crippen LogP contribution in [0, 0.1) is 6.92 Å². The minimum Gasteiger partial charge on any atom is -0.496 e. The van der Waals surface area contributed by atoms with Crippen LogP contribution in [0.25, 0.3) is 0 Å². The first-order valence-electron chi connectivity index (χ1n) is 6.75. The van der Waals surface area contributed by atoms with Crippen molar-refractivity contribution in [3.05, 3.63) is 65.2 Å². The molecule has 2 aromatic rings. The Morgan fingerprint density at radius 3 is 2.30 bits per heavy atom. The second-order valence-corrected chi connectivity index (χ2v) is 4.86. The Morgan fingerprint density at radius 1 is 0.950 bits per heavy atom. The average molecular weight is 270 g/mol. The van der Waals surface area contributed by atoms with Crippen molar-refractivity contribution in [3.63, 3.8) is 0 Å². The smallest absolute Gasteiger partial charge is 0.222 e. The third-order valence-corrected chi connectivity index (χ3v) is 3.64. The summed E-state index contributed by atoms with van der Waals surface area (Å²) in [7, 11) is 1.68. The molecule has 0 N–H and O–H groups in total. The zero-order valence-electron chi connectivity index (χ0n) is 11.8. The van der Waals surface area contributed by atoms with E-state index in [9.17, 15) is 0 Å². The van der Waals surface area contributed by atoms with E-state index in [4.69, 9.17) is 14.2 Å². The zero-order chi connectivity index (χ0) is 14.0. The molecule has 0 atom stereocenters. The fourth-order valence-corrected chi connectivity index (χ4v) is 2.59. The van der Waals surface area contributed by atoms with Crippen molar-refractivity contribution in [2.75, 3.05) is 20.3 Å². The number of benzene rings is 2. The normalized spacial score (nSPS) is 17.1. The van der Waals surface area contributed by atoms with Gasteiger partial charge in [0, 0.05) is 11.1 Å². The van der Waals surface area contributed by atoms with Crippen molar-refractivity contribution >= 4 is 0 Å². The lowest BCUT2D eigenvalue weighted by molar-refractivity contribution is -0.130. The third kappa shape index (κ3) is 2.09. The van der Waals surface area contributed by atoms with Crippen LogP contribution in [0.15, 0.2) is 48.5 Å². The molecule has 1 saturated heterocycles. The van der Waals surface area contributed by atoms with Gasteiger partial charge in [0.2, 0.25) is 5.79 Å². The van der Waals surface area contributed by atoms with Crippen molar-refractivity contribution in [1.29, 1.82) is 0 Å². The van der Waals surface area contributed by atoms with E-state index in [1.807, 2.05) is 55.5 Å². The topological polar surface area (TPSA) is 27.7 Å². The maximum Gasteiger partial charge on any atom is 0.222 e. The van der Waals surface area contributed by atoms with Gasteiger partial charge in [-0.3, -0.25) is 0 Å². The third-order valence-electron chi connectivity index (χ3n) is 3.64. The van der Waals surface area contributed by atoms with Crippen LogP contribution in [-0.2, 0) is 15.3 Å². The first-order chi connectivity index (χ1) is 9.76. The molecule has 0 amide bonds. The Balaban J connectivity index is 2.12. The summed E-state index contributed by atoms with van der Waals surface area (Å²) in [5, 5.41) is 0. The van der Waals surface area contributed by atoms with Gasteiger partial charge in [0.25, 0.3) is 0 Å². The SMILES string of the molecule is COc1cc(C2(c3ccccc3)OCCO2)ccc1C. The summed E-state index contributed by atoms with van der Waals surface area (Å²) in [5.74, 6) is 0.0271. The summed E-state index contributed by atoms with van der Waals surface area (Å²) in [6.07, 6.45) is 0. The van der Waals surface area contributed by atoms with Crippen LogP contribution in [0.5, 0.6) is 5.75 Å². The molecular formula is C17H18O3. The number of hydrogen-bond acceptors (Lipinski definition) is 3. The molecule has 3 rings (SSSR count). The first kappa shape index (κ1) is 13.2. The second kappa shape index (κ2) is 5.27. The summed E-state index contributed by atoms with van der Waals surface area (Å²) in [4.78, 5) is 0. The molecule has 3 heteroatoms. The Hall–Kier alpha value is -1.84. The second-order valence-electron chi connectivity index (χ2n) is 4.86. The average Bonchev–Trinajstić information content (AvgIpc) is 2.99. The van der Waals surface area contributed by atoms with Gasteiger partial charge in [-0.25, -0.2) is 0 Å². The summed E-state index contributed by atoms with van der Waals surface area (Å²) in [6, 6.07) is 16.1. The van der Waals surface area contributed by atoms with Crippen LogP contribution < -0.4 is 4.74 Å². The van der Waals surface area contributed by atoms with Gasteiger partial charge in [-0.2, -0.15) is 0 Å². The molecule has 3 nitrogen and oxygen atoms in total. The van der Waals surface area contributed by atoms with Gasteiger partial charge in [-0.15, -0.1) is 0 Å². The van der Waals surface area contributed by atoms with E-state index < -0.39 is 5.79 Å². The maximum atomic E-state index is 5.97. The van der Waals surface area contributed by atoms with Crippen LogP contribution in [-0.4, -0.2) is 20.3 Å². The van der Waals surface area contributed by atoms with Crippen molar-refractivity contribution < 1.29 is 14.2 Å². The number of rotatable bonds is 3. The van der Waals surface area contributed by atoms with E-state index >= 15 is 0 Å². The summed E-state index contributed by atoms with van der Waals surface area (Å²) >= 11 is 0. The molecule has 1 aliphatic rings. The Labute approximate surface area is 119 Å². The van der Waals surface area contributed by atoms with Crippen LogP contribution in [0.4, 0.5) is 0 Å². The van der Waals surface area contributed by atoms with Crippen LogP contribution in [0.3, 0.4) is 0 Å². The van der Waals surface area contributed by atoms with Crippen LogP contribution in [0.1, 0.15) is 16.7 Å². The van der Waals surface area contributed by atoms with Crippen molar-refractivity contribution in [1.82, 2.24) is 0 Å². The molecule has 0 bridgehead atoms. The monoisotopic (exact) mass is 270 g/mol. The van der Waals surface area contributed by atoms with Gasteiger partial charge >= 0.3 is 0 Å². The highest BCUT2D eigenvalue weighted by atomic mass is 16.7. The Kier molecular flexibility index (Phi) is 3.47.